The van der Waals surface area contributed by atoms with Crippen LogP contribution >= 0.6 is 0 Å². The number of nitrogens with zero attached hydrogens (tertiary/aromatic N) is 3. The summed E-state index contributed by atoms with van der Waals surface area (Å²) in [7, 11) is 0. The first-order chi connectivity index (χ1) is 16.0. The molecule has 172 valence electrons. The summed E-state index contributed by atoms with van der Waals surface area (Å²) in [5, 5.41) is 1.11. The number of fused-ring (bicyclic) bond motifs is 1. The van der Waals surface area contributed by atoms with Crippen LogP contribution in [0.5, 0.6) is 5.88 Å². The number of hydrogen-bond donors (Lipinski definition) is 1. The molecule has 2 saturated heterocycles. The number of rotatable bonds is 6. The molecule has 2 fully saturated rings. The average molecular weight is 447 g/mol. The molecule has 2 aliphatic heterocycles. The van der Waals surface area contributed by atoms with Crippen LogP contribution in [0.1, 0.15) is 35.2 Å². The number of nitrogens with one attached hydrogen (secondary N) is 1. The quantitative estimate of drug-likeness (QED) is 0.627. The summed E-state index contributed by atoms with van der Waals surface area (Å²) in [6.45, 7) is 5.50. The maximum Gasteiger partial charge on any atom is 0.253 e. The highest BCUT2D eigenvalue weighted by atomic mass is 16.5. The zero-order chi connectivity index (χ0) is 22.8. The number of carbonyl (C=O) groups is 2. The summed E-state index contributed by atoms with van der Waals surface area (Å²) in [4.78, 5) is 36.8. The molecule has 2 aliphatic rings. The minimum absolute atomic E-state index is 0.0872. The van der Waals surface area contributed by atoms with Crippen LogP contribution in [0.2, 0.25) is 0 Å². The van der Waals surface area contributed by atoms with Crippen LogP contribution in [0, 0.1) is 18.8 Å². The lowest BCUT2D eigenvalue weighted by Crippen LogP contribution is -2.42. The second-order valence-electron chi connectivity index (χ2n) is 9.37. The van der Waals surface area contributed by atoms with Gasteiger partial charge in [0.25, 0.3) is 5.91 Å². The van der Waals surface area contributed by atoms with E-state index < -0.39 is 0 Å². The van der Waals surface area contributed by atoms with Crippen molar-refractivity contribution in [3.8, 4) is 5.88 Å². The van der Waals surface area contributed by atoms with E-state index in [1.807, 2.05) is 59.3 Å². The second kappa shape index (κ2) is 9.25. The Morgan fingerprint density at radius 1 is 1.15 bits per heavy atom. The predicted molar refractivity (Wildman–Crippen MR) is 126 cm³/mol. The Balaban J connectivity index is 1.09. The lowest BCUT2D eigenvalue weighted by Gasteiger charge is -2.34. The highest BCUT2D eigenvalue weighted by molar-refractivity contribution is 5.98. The zero-order valence-electron chi connectivity index (χ0n) is 19.0. The molecule has 0 saturated carbocycles. The topological polar surface area (TPSA) is 78.5 Å². The van der Waals surface area contributed by atoms with Crippen molar-refractivity contribution in [1.29, 1.82) is 0 Å². The Kier molecular flexibility index (Phi) is 6.03. The Morgan fingerprint density at radius 3 is 2.82 bits per heavy atom. The number of piperidine rings is 1. The van der Waals surface area contributed by atoms with E-state index in [4.69, 9.17) is 4.74 Å². The zero-order valence-corrected chi connectivity index (χ0v) is 19.0. The first kappa shape index (κ1) is 21.5. The third-order valence-corrected chi connectivity index (χ3v) is 6.83. The number of aryl methyl sites for hydroxylation is 1. The van der Waals surface area contributed by atoms with E-state index in [1.54, 1.807) is 6.20 Å². The smallest absolute Gasteiger partial charge is 0.253 e. The number of carbonyl (C=O) groups excluding carboxylic acids is 2. The fourth-order valence-corrected chi connectivity index (χ4v) is 4.93. The van der Waals surface area contributed by atoms with E-state index in [1.165, 1.54) is 0 Å². The molecule has 5 rings (SSSR count). The van der Waals surface area contributed by atoms with Gasteiger partial charge < -0.3 is 19.5 Å². The van der Waals surface area contributed by atoms with Crippen LogP contribution in [-0.2, 0) is 4.79 Å². The normalized spacial score (nSPS) is 19.4. The first-order valence-corrected chi connectivity index (χ1v) is 11.7. The second-order valence-corrected chi connectivity index (χ2v) is 9.37. The minimum Gasteiger partial charge on any atom is -0.477 e. The number of ether oxygens (including phenoxy) is 1. The Morgan fingerprint density at radius 2 is 2.00 bits per heavy atom. The van der Waals surface area contributed by atoms with Crippen molar-refractivity contribution in [2.75, 3.05) is 32.8 Å². The summed E-state index contributed by atoms with van der Waals surface area (Å²) < 4.78 is 5.83. The van der Waals surface area contributed by atoms with Crippen molar-refractivity contribution >= 4 is 22.7 Å². The minimum atomic E-state index is 0.0872. The molecule has 1 aromatic carbocycles. The third-order valence-electron chi connectivity index (χ3n) is 6.83. The van der Waals surface area contributed by atoms with E-state index in [2.05, 4.69) is 9.97 Å². The third kappa shape index (κ3) is 4.87. The molecule has 33 heavy (non-hydrogen) atoms. The highest BCUT2D eigenvalue weighted by Gasteiger charge is 2.33. The fraction of sp³-hybridized carbons (Fsp3) is 0.423. The molecule has 0 spiro atoms. The van der Waals surface area contributed by atoms with Gasteiger partial charge in [-0.15, -0.1) is 0 Å². The number of H-pyrrole nitrogens is 1. The van der Waals surface area contributed by atoms with Gasteiger partial charge in [0.05, 0.1) is 6.61 Å². The molecule has 1 unspecified atom stereocenters. The van der Waals surface area contributed by atoms with Gasteiger partial charge in [-0.05, 0) is 60.9 Å². The van der Waals surface area contributed by atoms with Gasteiger partial charge >= 0.3 is 0 Å². The maximum atomic E-state index is 12.9. The number of amides is 2. The summed E-state index contributed by atoms with van der Waals surface area (Å²) in [5.41, 5.74) is 2.82. The molecule has 7 heteroatoms. The van der Waals surface area contributed by atoms with Crippen LogP contribution in [-0.4, -0.2) is 64.4 Å². The van der Waals surface area contributed by atoms with E-state index in [0.717, 1.165) is 61.1 Å². The standard InChI is InChI=1S/C26H30N4O3/c1-18-4-8-28-24(12-18)33-17-20-13-25(31)30(16-20)15-19-6-10-29(11-7-19)26(32)22-3-2-21-5-9-27-23(21)14-22/h2-5,8-9,12,14,19-20,27H,6-7,10-11,13,15-17H2,1H3. The van der Waals surface area contributed by atoms with Gasteiger partial charge in [0.15, 0.2) is 0 Å². The van der Waals surface area contributed by atoms with Crippen LogP contribution in [0.4, 0.5) is 0 Å². The number of aromatic nitrogens is 2. The van der Waals surface area contributed by atoms with Gasteiger partial charge in [-0.25, -0.2) is 4.98 Å². The molecule has 2 aromatic heterocycles. The van der Waals surface area contributed by atoms with Gasteiger partial charge in [0.2, 0.25) is 11.8 Å². The predicted octanol–water partition coefficient (Wildman–Crippen LogP) is 3.65. The van der Waals surface area contributed by atoms with Crippen molar-refractivity contribution in [3.63, 3.8) is 0 Å². The van der Waals surface area contributed by atoms with Crippen molar-refractivity contribution in [1.82, 2.24) is 19.8 Å². The molecule has 7 nitrogen and oxygen atoms in total. The lowest BCUT2D eigenvalue weighted by molar-refractivity contribution is -0.128. The van der Waals surface area contributed by atoms with Crippen molar-refractivity contribution in [3.05, 3.63) is 59.9 Å². The Labute approximate surface area is 193 Å². The number of benzene rings is 1. The molecule has 0 bridgehead atoms. The van der Waals surface area contributed by atoms with Gasteiger partial charge in [0, 0.05) is 68.1 Å². The van der Waals surface area contributed by atoms with E-state index in [0.29, 0.717) is 24.8 Å². The van der Waals surface area contributed by atoms with Crippen molar-refractivity contribution in [2.24, 2.45) is 11.8 Å². The molecule has 4 heterocycles. The van der Waals surface area contributed by atoms with E-state index in [9.17, 15) is 9.59 Å². The number of hydrogen-bond acceptors (Lipinski definition) is 4. The van der Waals surface area contributed by atoms with Crippen molar-refractivity contribution < 1.29 is 14.3 Å². The summed E-state index contributed by atoms with van der Waals surface area (Å²) in [6.07, 6.45) is 6.01. The molecule has 0 aliphatic carbocycles. The van der Waals surface area contributed by atoms with Gasteiger partial charge in [0.1, 0.15) is 0 Å². The SMILES string of the molecule is Cc1ccnc(OCC2CC(=O)N(CC3CCN(C(=O)c4ccc5cc[nH]c5c4)CC3)C2)c1. The molecule has 2 amide bonds. The van der Waals surface area contributed by atoms with E-state index in [-0.39, 0.29) is 17.7 Å². The first-order valence-electron chi connectivity index (χ1n) is 11.7. The van der Waals surface area contributed by atoms with Crippen LogP contribution in [0.3, 0.4) is 0 Å². The molecular formula is C26H30N4O3. The number of likely N-dealkylation sites (tertiary alicyclic amines) is 2. The lowest BCUT2D eigenvalue weighted by atomic mass is 9.95. The van der Waals surface area contributed by atoms with Gasteiger partial charge in [-0.2, -0.15) is 0 Å². The average Bonchev–Trinajstić information content (AvgIpc) is 3.43. The fourth-order valence-electron chi connectivity index (χ4n) is 4.93. The largest absolute Gasteiger partial charge is 0.477 e. The van der Waals surface area contributed by atoms with Crippen LogP contribution < -0.4 is 4.74 Å². The van der Waals surface area contributed by atoms with Gasteiger partial charge in [-0.1, -0.05) is 6.07 Å². The molecule has 1 atom stereocenters. The summed E-state index contributed by atoms with van der Waals surface area (Å²) >= 11 is 0. The van der Waals surface area contributed by atoms with Crippen molar-refractivity contribution in [2.45, 2.75) is 26.2 Å². The van der Waals surface area contributed by atoms with E-state index >= 15 is 0 Å². The summed E-state index contributed by atoms with van der Waals surface area (Å²) in [5.74, 6) is 1.54. The summed E-state index contributed by atoms with van der Waals surface area (Å²) in [6, 6.07) is 11.7. The molecular weight excluding hydrogens is 416 g/mol. The molecule has 3 aromatic rings. The Bertz CT molecular complexity index is 1150. The number of pyridine rings is 1. The van der Waals surface area contributed by atoms with Crippen LogP contribution in [0.15, 0.2) is 48.8 Å². The molecule has 0 radical (unpaired) electrons. The monoisotopic (exact) mass is 446 g/mol. The Hall–Kier alpha value is -3.35. The maximum absolute atomic E-state index is 12.9. The van der Waals surface area contributed by atoms with Gasteiger partial charge in [-0.3, -0.25) is 9.59 Å². The van der Waals surface area contributed by atoms with Crippen LogP contribution in [0.25, 0.3) is 10.9 Å². The highest BCUT2D eigenvalue weighted by Crippen LogP contribution is 2.25. The number of aromatic amines is 1. The molecule has 1 N–H and O–H groups in total.